The molecular formula is C18H16FN3O6. The van der Waals surface area contributed by atoms with E-state index in [0.29, 0.717) is 0 Å². The summed E-state index contributed by atoms with van der Waals surface area (Å²) < 4.78 is 18.1. The third kappa shape index (κ3) is 6.16. The molecule has 0 bridgehead atoms. The molecule has 0 aliphatic rings. The minimum Gasteiger partial charge on any atom is -0.456 e. The van der Waals surface area contributed by atoms with Crippen LogP contribution in [0.2, 0.25) is 0 Å². The van der Waals surface area contributed by atoms with Gasteiger partial charge in [0.15, 0.2) is 6.61 Å². The number of anilines is 1. The molecule has 2 aromatic rings. The van der Waals surface area contributed by atoms with E-state index in [1.807, 2.05) is 0 Å². The molecular weight excluding hydrogens is 373 g/mol. The average Bonchev–Trinajstić information content (AvgIpc) is 2.68. The van der Waals surface area contributed by atoms with Crippen LogP contribution in [-0.4, -0.2) is 35.9 Å². The number of hydrogen-bond donors (Lipinski definition) is 2. The summed E-state index contributed by atoms with van der Waals surface area (Å²) in [5.41, 5.74) is 0.0240. The van der Waals surface area contributed by atoms with Crippen molar-refractivity contribution in [2.24, 2.45) is 0 Å². The fourth-order valence-electron chi connectivity index (χ4n) is 2.08. The highest BCUT2D eigenvalue weighted by molar-refractivity contribution is 5.95. The molecule has 0 fully saturated rings. The van der Waals surface area contributed by atoms with Crippen LogP contribution in [0.4, 0.5) is 15.8 Å². The molecule has 0 aromatic heterocycles. The van der Waals surface area contributed by atoms with Crippen molar-refractivity contribution in [3.05, 3.63) is 70.0 Å². The number of amides is 2. The summed E-state index contributed by atoms with van der Waals surface area (Å²) in [6.45, 7) is -0.646. The number of hydrogen-bond acceptors (Lipinski definition) is 6. The SMILES string of the molecule is O=C(COC(=O)CCNC(=O)c1ccc([N+](=O)[O-])cc1)Nc1ccccc1F. The maximum Gasteiger partial charge on any atom is 0.308 e. The largest absolute Gasteiger partial charge is 0.456 e. The molecule has 0 aliphatic carbocycles. The Bertz CT molecular complexity index is 885. The Morgan fingerprint density at radius 3 is 2.39 bits per heavy atom. The van der Waals surface area contributed by atoms with Crippen molar-refractivity contribution in [2.45, 2.75) is 6.42 Å². The summed E-state index contributed by atoms with van der Waals surface area (Å²) in [5.74, 6) is -2.56. The van der Waals surface area contributed by atoms with E-state index in [1.54, 1.807) is 6.07 Å². The zero-order valence-corrected chi connectivity index (χ0v) is 14.5. The molecule has 2 rings (SSSR count). The molecule has 28 heavy (non-hydrogen) atoms. The van der Waals surface area contributed by atoms with Gasteiger partial charge in [0.1, 0.15) is 5.82 Å². The molecule has 9 nitrogen and oxygen atoms in total. The lowest BCUT2D eigenvalue weighted by molar-refractivity contribution is -0.384. The van der Waals surface area contributed by atoms with E-state index in [0.717, 1.165) is 0 Å². The molecule has 0 saturated heterocycles. The average molecular weight is 389 g/mol. The van der Waals surface area contributed by atoms with Gasteiger partial charge in [-0.1, -0.05) is 12.1 Å². The van der Waals surface area contributed by atoms with Gasteiger partial charge in [-0.05, 0) is 24.3 Å². The number of rotatable bonds is 8. The molecule has 0 aliphatic heterocycles. The zero-order valence-electron chi connectivity index (χ0n) is 14.5. The minimum atomic E-state index is -0.729. The van der Waals surface area contributed by atoms with Gasteiger partial charge in [-0.2, -0.15) is 0 Å². The Balaban J connectivity index is 1.69. The molecule has 0 spiro atoms. The highest BCUT2D eigenvalue weighted by atomic mass is 19.1. The number of para-hydroxylation sites is 1. The molecule has 146 valence electrons. The summed E-state index contributed by atoms with van der Waals surface area (Å²) in [5, 5.41) is 15.3. The fourth-order valence-corrected chi connectivity index (χ4v) is 2.08. The normalized spacial score (nSPS) is 10.0. The Kier molecular flexibility index (Phi) is 7.14. The maximum atomic E-state index is 13.4. The van der Waals surface area contributed by atoms with Crippen LogP contribution in [0.5, 0.6) is 0 Å². The molecule has 10 heteroatoms. The summed E-state index contributed by atoms with van der Waals surface area (Å²) in [6.07, 6.45) is -0.189. The van der Waals surface area contributed by atoms with Gasteiger partial charge in [0.05, 0.1) is 17.0 Å². The lowest BCUT2D eigenvalue weighted by Crippen LogP contribution is -2.27. The molecule has 0 saturated carbocycles. The van der Waals surface area contributed by atoms with Gasteiger partial charge in [0.25, 0.3) is 17.5 Å². The van der Waals surface area contributed by atoms with Crippen LogP contribution in [0, 0.1) is 15.9 Å². The molecule has 0 radical (unpaired) electrons. The van der Waals surface area contributed by atoms with Crippen molar-refractivity contribution in [1.29, 1.82) is 0 Å². The van der Waals surface area contributed by atoms with Crippen molar-refractivity contribution >= 4 is 29.2 Å². The van der Waals surface area contributed by atoms with Crippen molar-refractivity contribution in [2.75, 3.05) is 18.5 Å². The van der Waals surface area contributed by atoms with E-state index in [2.05, 4.69) is 10.6 Å². The van der Waals surface area contributed by atoms with E-state index in [9.17, 15) is 28.9 Å². The highest BCUT2D eigenvalue weighted by Crippen LogP contribution is 2.12. The summed E-state index contributed by atoms with van der Waals surface area (Å²) in [6, 6.07) is 10.5. The second-order valence-electron chi connectivity index (χ2n) is 5.50. The number of benzene rings is 2. The Labute approximate surface area is 158 Å². The van der Waals surface area contributed by atoms with Crippen LogP contribution in [-0.2, 0) is 14.3 Å². The molecule has 0 heterocycles. The first-order valence-corrected chi connectivity index (χ1v) is 8.09. The van der Waals surface area contributed by atoms with E-state index < -0.39 is 35.1 Å². The number of ether oxygens (including phenoxy) is 1. The Morgan fingerprint density at radius 2 is 1.75 bits per heavy atom. The van der Waals surface area contributed by atoms with Gasteiger partial charge in [0.2, 0.25) is 0 Å². The van der Waals surface area contributed by atoms with Crippen molar-refractivity contribution in [3.8, 4) is 0 Å². The number of halogens is 1. The number of carbonyl (C=O) groups excluding carboxylic acids is 3. The van der Waals surface area contributed by atoms with Crippen LogP contribution in [0.1, 0.15) is 16.8 Å². The topological polar surface area (TPSA) is 128 Å². The van der Waals surface area contributed by atoms with Crippen LogP contribution in [0.15, 0.2) is 48.5 Å². The van der Waals surface area contributed by atoms with E-state index in [1.165, 1.54) is 42.5 Å². The molecule has 0 atom stereocenters. The number of nitro benzene ring substituents is 1. The molecule has 0 unspecified atom stereocenters. The number of esters is 1. The predicted octanol–water partition coefficient (Wildman–Crippen LogP) is 2.04. The lowest BCUT2D eigenvalue weighted by Gasteiger charge is -2.08. The zero-order chi connectivity index (χ0) is 20.5. The number of nitrogens with zero attached hydrogens (tertiary/aromatic N) is 1. The standard InChI is InChI=1S/C18H16FN3O6/c19-14-3-1-2-4-15(14)21-16(23)11-28-17(24)9-10-20-18(25)12-5-7-13(8-6-12)22(26)27/h1-8H,9-11H2,(H,20,25)(H,21,23). The number of nitrogens with one attached hydrogen (secondary N) is 2. The van der Waals surface area contributed by atoms with Gasteiger partial charge in [-0.15, -0.1) is 0 Å². The maximum absolute atomic E-state index is 13.4. The monoisotopic (exact) mass is 389 g/mol. The van der Waals surface area contributed by atoms with Crippen molar-refractivity contribution < 1.29 is 28.4 Å². The smallest absolute Gasteiger partial charge is 0.308 e. The van der Waals surface area contributed by atoms with Crippen LogP contribution >= 0.6 is 0 Å². The third-order valence-corrected chi connectivity index (χ3v) is 3.47. The first kappa shape index (κ1) is 20.5. The molecule has 2 aromatic carbocycles. The first-order valence-electron chi connectivity index (χ1n) is 8.09. The van der Waals surface area contributed by atoms with Gasteiger partial charge in [-0.25, -0.2) is 4.39 Å². The fraction of sp³-hybridized carbons (Fsp3) is 0.167. The Hall–Kier alpha value is -3.82. The number of non-ortho nitro benzene ring substituents is 1. The van der Waals surface area contributed by atoms with Crippen molar-refractivity contribution in [1.82, 2.24) is 5.32 Å². The summed E-state index contributed by atoms with van der Waals surface area (Å²) >= 11 is 0. The number of carbonyl (C=O) groups is 3. The predicted molar refractivity (Wildman–Crippen MR) is 96.0 cm³/mol. The molecule has 2 N–H and O–H groups in total. The van der Waals surface area contributed by atoms with E-state index in [-0.39, 0.29) is 29.9 Å². The third-order valence-electron chi connectivity index (χ3n) is 3.47. The quantitative estimate of drug-likeness (QED) is 0.404. The summed E-state index contributed by atoms with van der Waals surface area (Å²) in [7, 11) is 0. The van der Waals surface area contributed by atoms with E-state index >= 15 is 0 Å². The van der Waals surface area contributed by atoms with Crippen LogP contribution < -0.4 is 10.6 Å². The number of nitro groups is 1. The lowest BCUT2D eigenvalue weighted by atomic mass is 10.2. The highest BCUT2D eigenvalue weighted by Gasteiger charge is 2.12. The van der Waals surface area contributed by atoms with Crippen LogP contribution in [0.25, 0.3) is 0 Å². The second kappa shape index (κ2) is 9.76. The van der Waals surface area contributed by atoms with Gasteiger partial charge in [0, 0.05) is 24.2 Å². The minimum absolute atomic E-state index is 0.0288. The van der Waals surface area contributed by atoms with Crippen molar-refractivity contribution in [3.63, 3.8) is 0 Å². The van der Waals surface area contributed by atoms with Gasteiger partial charge in [-0.3, -0.25) is 24.5 Å². The van der Waals surface area contributed by atoms with Crippen LogP contribution in [0.3, 0.4) is 0 Å². The summed E-state index contributed by atoms with van der Waals surface area (Å²) in [4.78, 5) is 45.1. The molecule has 2 amide bonds. The van der Waals surface area contributed by atoms with Gasteiger partial charge < -0.3 is 15.4 Å². The van der Waals surface area contributed by atoms with E-state index in [4.69, 9.17) is 4.74 Å². The Morgan fingerprint density at radius 1 is 1.07 bits per heavy atom. The second-order valence-corrected chi connectivity index (χ2v) is 5.50. The first-order chi connectivity index (χ1) is 13.4. The van der Waals surface area contributed by atoms with Gasteiger partial charge >= 0.3 is 5.97 Å².